The second-order valence-corrected chi connectivity index (χ2v) is 9.08. The van der Waals surface area contributed by atoms with Gasteiger partial charge in [-0.15, -0.1) is 11.8 Å². The molecule has 0 aromatic heterocycles. The van der Waals surface area contributed by atoms with E-state index in [4.69, 9.17) is 0 Å². The van der Waals surface area contributed by atoms with Crippen LogP contribution in [0.3, 0.4) is 0 Å². The van der Waals surface area contributed by atoms with Crippen molar-refractivity contribution in [1.82, 2.24) is 0 Å². The lowest BCUT2D eigenvalue weighted by Crippen LogP contribution is -2.15. The van der Waals surface area contributed by atoms with Crippen LogP contribution in [0.2, 0.25) is 0 Å². The Balaban J connectivity index is 2.45. The second-order valence-electron chi connectivity index (χ2n) is 7.18. The average molecular weight is 286 g/mol. The molecule has 0 aliphatic rings. The SMILES string of the molecule is CCC(C)(C)c1ccc2ccc(SC(C)(C)C)cc2c1. The molecule has 0 aliphatic heterocycles. The van der Waals surface area contributed by atoms with Crippen molar-refractivity contribution >= 4 is 22.5 Å². The molecule has 0 N–H and O–H groups in total. The molecule has 0 spiro atoms. The summed E-state index contributed by atoms with van der Waals surface area (Å²) in [5, 5.41) is 2.69. The number of benzene rings is 2. The lowest BCUT2D eigenvalue weighted by molar-refractivity contribution is 0.507. The standard InChI is InChI=1S/C19H26S/c1-7-19(5,6)16-10-8-14-9-11-17(13-15(14)12-16)20-18(2,3)4/h8-13H,7H2,1-6H3. The molecule has 0 saturated carbocycles. The van der Waals surface area contributed by atoms with Gasteiger partial charge in [-0.3, -0.25) is 0 Å². The molecule has 2 aromatic carbocycles. The van der Waals surface area contributed by atoms with Crippen molar-refractivity contribution in [2.24, 2.45) is 0 Å². The third-order valence-corrected chi connectivity index (χ3v) is 5.00. The summed E-state index contributed by atoms with van der Waals surface area (Å²) in [7, 11) is 0. The maximum Gasteiger partial charge on any atom is 0.0122 e. The van der Waals surface area contributed by atoms with E-state index in [2.05, 4.69) is 77.9 Å². The molecule has 0 aliphatic carbocycles. The van der Waals surface area contributed by atoms with Crippen molar-refractivity contribution in [3.05, 3.63) is 42.0 Å². The van der Waals surface area contributed by atoms with Gasteiger partial charge in [-0.2, -0.15) is 0 Å². The Hall–Kier alpha value is -0.950. The van der Waals surface area contributed by atoms with Crippen molar-refractivity contribution in [1.29, 1.82) is 0 Å². The summed E-state index contributed by atoms with van der Waals surface area (Å²) in [4.78, 5) is 1.36. The predicted molar refractivity (Wildman–Crippen MR) is 92.9 cm³/mol. The summed E-state index contributed by atoms with van der Waals surface area (Å²) in [6, 6.07) is 13.7. The maximum absolute atomic E-state index is 2.37. The molecule has 0 nitrogen and oxygen atoms in total. The van der Waals surface area contributed by atoms with Gasteiger partial charge in [0.2, 0.25) is 0 Å². The van der Waals surface area contributed by atoms with Crippen LogP contribution in [-0.4, -0.2) is 4.75 Å². The molecule has 0 unspecified atom stereocenters. The minimum atomic E-state index is 0.251. The Morgan fingerprint density at radius 2 is 1.50 bits per heavy atom. The van der Waals surface area contributed by atoms with Crippen molar-refractivity contribution < 1.29 is 0 Å². The Bertz CT molecular complexity index is 603. The van der Waals surface area contributed by atoms with Crippen LogP contribution in [-0.2, 0) is 5.41 Å². The first-order chi connectivity index (χ1) is 9.21. The van der Waals surface area contributed by atoms with Gasteiger partial charge in [0.25, 0.3) is 0 Å². The average Bonchev–Trinajstić information content (AvgIpc) is 2.36. The van der Waals surface area contributed by atoms with Gasteiger partial charge in [-0.1, -0.05) is 65.8 Å². The third kappa shape index (κ3) is 3.58. The molecule has 108 valence electrons. The highest BCUT2D eigenvalue weighted by molar-refractivity contribution is 8.00. The van der Waals surface area contributed by atoms with E-state index < -0.39 is 0 Å². The zero-order valence-electron chi connectivity index (χ0n) is 13.6. The van der Waals surface area contributed by atoms with Crippen LogP contribution in [0.1, 0.15) is 53.5 Å². The molecule has 2 aromatic rings. The third-order valence-electron chi connectivity index (χ3n) is 3.90. The fourth-order valence-corrected chi connectivity index (χ4v) is 3.30. The molecule has 0 amide bonds. The highest BCUT2D eigenvalue weighted by atomic mass is 32.2. The van der Waals surface area contributed by atoms with Crippen LogP contribution in [0.25, 0.3) is 10.8 Å². The second kappa shape index (κ2) is 5.44. The molecular weight excluding hydrogens is 260 g/mol. The smallest absolute Gasteiger partial charge is 0.0122 e. The molecule has 0 heterocycles. The number of fused-ring (bicyclic) bond motifs is 1. The number of thioether (sulfide) groups is 1. The van der Waals surface area contributed by atoms with E-state index in [-0.39, 0.29) is 10.2 Å². The predicted octanol–water partition coefficient (Wildman–Crippen LogP) is 6.42. The lowest BCUT2D eigenvalue weighted by Gasteiger charge is -2.24. The van der Waals surface area contributed by atoms with Crippen LogP contribution >= 0.6 is 11.8 Å². The first kappa shape index (κ1) is 15.4. The van der Waals surface area contributed by atoms with Crippen molar-refractivity contribution in [2.75, 3.05) is 0 Å². The van der Waals surface area contributed by atoms with Crippen molar-refractivity contribution in [3.63, 3.8) is 0 Å². The Morgan fingerprint density at radius 1 is 0.850 bits per heavy atom. The summed E-state index contributed by atoms with van der Waals surface area (Å²) in [6.45, 7) is 13.7. The molecule has 0 fully saturated rings. The van der Waals surface area contributed by atoms with Gasteiger partial charge in [-0.05, 0) is 40.3 Å². The van der Waals surface area contributed by atoms with Crippen LogP contribution < -0.4 is 0 Å². The Kier molecular flexibility index (Phi) is 4.20. The highest BCUT2D eigenvalue weighted by Crippen LogP contribution is 2.35. The summed E-state index contributed by atoms with van der Waals surface area (Å²) >= 11 is 1.93. The normalized spacial score (nSPS) is 12.9. The molecular formula is C19H26S. The van der Waals surface area contributed by atoms with E-state index in [1.54, 1.807) is 0 Å². The van der Waals surface area contributed by atoms with Crippen LogP contribution in [0.4, 0.5) is 0 Å². The van der Waals surface area contributed by atoms with E-state index in [1.165, 1.54) is 21.2 Å². The molecule has 0 bridgehead atoms. The van der Waals surface area contributed by atoms with E-state index in [0.29, 0.717) is 0 Å². The topological polar surface area (TPSA) is 0 Å². The zero-order chi connectivity index (χ0) is 15.0. The molecule has 1 heteroatoms. The van der Waals surface area contributed by atoms with E-state index >= 15 is 0 Å². The van der Waals surface area contributed by atoms with Crippen molar-refractivity contribution in [3.8, 4) is 0 Å². The molecule has 0 radical (unpaired) electrons. The first-order valence-electron chi connectivity index (χ1n) is 7.44. The minimum absolute atomic E-state index is 0.251. The van der Waals surface area contributed by atoms with Crippen LogP contribution in [0, 0.1) is 0 Å². The molecule has 2 rings (SSSR count). The Labute approximate surface area is 128 Å². The van der Waals surface area contributed by atoms with E-state index in [0.717, 1.165) is 6.42 Å². The quantitative estimate of drug-likeness (QED) is 0.587. The van der Waals surface area contributed by atoms with Gasteiger partial charge in [0.05, 0.1) is 0 Å². The summed E-state index contributed by atoms with van der Waals surface area (Å²) < 4.78 is 0.258. The van der Waals surface area contributed by atoms with Gasteiger partial charge in [0.1, 0.15) is 0 Å². The van der Waals surface area contributed by atoms with Gasteiger partial charge >= 0.3 is 0 Å². The van der Waals surface area contributed by atoms with Gasteiger partial charge in [-0.25, -0.2) is 0 Å². The van der Waals surface area contributed by atoms with Crippen LogP contribution in [0.5, 0.6) is 0 Å². The summed E-state index contributed by atoms with van der Waals surface area (Å²) in [6.07, 6.45) is 1.16. The number of hydrogen-bond acceptors (Lipinski definition) is 1. The number of hydrogen-bond donors (Lipinski definition) is 0. The molecule has 0 atom stereocenters. The fraction of sp³-hybridized carbons (Fsp3) is 0.474. The minimum Gasteiger partial charge on any atom is -0.120 e. The van der Waals surface area contributed by atoms with E-state index in [9.17, 15) is 0 Å². The summed E-state index contributed by atoms with van der Waals surface area (Å²) in [5.41, 5.74) is 1.69. The first-order valence-corrected chi connectivity index (χ1v) is 8.26. The Morgan fingerprint density at radius 3 is 2.10 bits per heavy atom. The molecule has 20 heavy (non-hydrogen) atoms. The van der Waals surface area contributed by atoms with E-state index in [1.807, 2.05) is 11.8 Å². The van der Waals surface area contributed by atoms with Gasteiger partial charge < -0.3 is 0 Å². The van der Waals surface area contributed by atoms with Gasteiger partial charge in [0, 0.05) is 9.64 Å². The highest BCUT2D eigenvalue weighted by Gasteiger charge is 2.18. The molecule has 0 saturated heterocycles. The summed E-state index contributed by atoms with van der Waals surface area (Å²) in [5.74, 6) is 0. The number of rotatable bonds is 3. The van der Waals surface area contributed by atoms with Crippen molar-refractivity contribution in [2.45, 2.75) is 63.0 Å². The lowest BCUT2D eigenvalue weighted by atomic mass is 9.81. The fourth-order valence-electron chi connectivity index (χ4n) is 2.27. The maximum atomic E-state index is 2.37. The monoisotopic (exact) mass is 286 g/mol. The zero-order valence-corrected chi connectivity index (χ0v) is 14.4. The van der Waals surface area contributed by atoms with Crippen LogP contribution in [0.15, 0.2) is 41.3 Å². The largest absolute Gasteiger partial charge is 0.120 e. The van der Waals surface area contributed by atoms with Gasteiger partial charge in [0.15, 0.2) is 0 Å².